The van der Waals surface area contributed by atoms with Gasteiger partial charge in [0.15, 0.2) is 0 Å². The zero-order chi connectivity index (χ0) is 18.4. The lowest BCUT2D eigenvalue weighted by atomic mass is 10.1. The molecule has 7 heteroatoms. The number of hydrogen-bond acceptors (Lipinski definition) is 5. The molecule has 0 spiro atoms. The lowest BCUT2D eigenvalue weighted by Gasteiger charge is -2.25. The van der Waals surface area contributed by atoms with Gasteiger partial charge in [-0.05, 0) is 52.2 Å². The molecule has 0 saturated carbocycles. The van der Waals surface area contributed by atoms with Gasteiger partial charge in [0.05, 0.1) is 0 Å². The zero-order valence-electron chi connectivity index (χ0n) is 14.8. The van der Waals surface area contributed by atoms with Gasteiger partial charge in [-0.15, -0.1) is 0 Å². The number of carbonyl (C=O) groups is 3. The molecule has 1 aromatic carbocycles. The van der Waals surface area contributed by atoms with Crippen LogP contribution in [-0.2, 0) is 9.53 Å². The van der Waals surface area contributed by atoms with Crippen molar-refractivity contribution in [3.63, 3.8) is 0 Å². The number of ether oxygens (including phenoxy) is 2. The third-order valence-electron chi connectivity index (χ3n) is 3.55. The second-order valence-corrected chi connectivity index (χ2v) is 6.87. The molecule has 0 unspecified atom stereocenters. The van der Waals surface area contributed by atoms with Crippen LogP contribution in [0.5, 0.6) is 5.75 Å². The minimum Gasteiger partial charge on any atom is -0.444 e. The lowest BCUT2D eigenvalue weighted by molar-refractivity contribution is -0.130. The third-order valence-corrected chi connectivity index (χ3v) is 3.55. The smallest absolute Gasteiger partial charge is 0.422 e. The number of nitrogens with zero attached hydrogens (tertiary/aromatic N) is 1. The minimum absolute atomic E-state index is 0.261. The standard InChI is InChI=1S/C18H24N2O5/c1-18(2,3)25-16(22)19-14-11-7-8-12-20(15(14)21)17(23)24-13-9-5-4-6-10-13/h4-6,9-10,14H,7-8,11-12H2,1-3H3,(H,19,22)/t14-/m1/s1. The maximum Gasteiger partial charge on any atom is 0.422 e. The van der Waals surface area contributed by atoms with Crippen molar-refractivity contribution in [2.24, 2.45) is 0 Å². The number of rotatable bonds is 2. The Balaban J connectivity index is 2.02. The molecule has 1 N–H and O–H groups in total. The van der Waals surface area contributed by atoms with Crippen molar-refractivity contribution in [3.8, 4) is 5.75 Å². The van der Waals surface area contributed by atoms with E-state index in [2.05, 4.69) is 5.32 Å². The average molecular weight is 348 g/mol. The Hall–Kier alpha value is -2.57. The van der Waals surface area contributed by atoms with Gasteiger partial charge in [0, 0.05) is 6.54 Å². The van der Waals surface area contributed by atoms with Gasteiger partial charge in [-0.25, -0.2) is 14.5 Å². The second-order valence-electron chi connectivity index (χ2n) is 6.87. The summed E-state index contributed by atoms with van der Waals surface area (Å²) < 4.78 is 10.4. The fourth-order valence-corrected chi connectivity index (χ4v) is 2.45. The van der Waals surface area contributed by atoms with Gasteiger partial charge in [-0.3, -0.25) is 4.79 Å². The summed E-state index contributed by atoms with van der Waals surface area (Å²) in [5.41, 5.74) is -0.663. The van der Waals surface area contributed by atoms with E-state index < -0.39 is 29.7 Å². The normalized spacial score (nSPS) is 18.3. The van der Waals surface area contributed by atoms with E-state index in [0.29, 0.717) is 25.0 Å². The molecule has 1 fully saturated rings. The maximum atomic E-state index is 12.6. The summed E-state index contributed by atoms with van der Waals surface area (Å²) >= 11 is 0. The predicted molar refractivity (Wildman–Crippen MR) is 91.2 cm³/mol. The van der Waals surface area contributed by atoms with Crippen LogP contribution in [-0.4, -0.2) is 41.2 Å². The molecule has 25 heavy (non-hydrogen) atoms. The number of benzene rings is 1. The summed E-state index contributed by atoms with van der Waals surface area (Å²) in [6.07, 6.45) is 0.398. The van der Waals surface area contributed by atoms with Crippen LogP contribution in [0.15, 0.2) is 30.3 Å². The topological polar surface area (TPSA) is 84.9 Å². The van der Waals surface area contributed by atoms with Crippen molar-refractivity contribution in [2.45, 2.75) is 51.7 Å². The van der Waals surface area contributed by atoms with Crippen molar-refractivity contribution in [1.82, 2.24) is 10.2 Å². The van der Waals surface area contributed by atoms with E-state index >= 15 is 0 Å². The molecule has 1 aliphatic heterocycles. The Morgan fingerprint density at radius 3 is 2.48 bits per heavy atom. The van der Waals surface area contributed by atoms with Gasteiger partial charge in [0.25, 0.3) is 5.91 Å². The summed E-state index contributed by atoms with van der Waals surface area (Å²) in [6.45, 7) is 5.48. The molecule has 0 bridgehead atoms. The quantitative estimate of drug-likeness (QED) is 0.888. The van der Waals surface area contributed by atoms with Gasteiger partial charge in [-0.2, -0.15) is 0 Å². The van der Waals surface area contributed by atoms with Crippen LogP contribution in [0.25, 0.3) is 0 Å². The first-order chi connectivity index (χ1) is 11.8. The van der Waals surface area contributed by atoms with Crippen molar-refractivity contribution >= 4 is 18.1 Å². The van der Waals surface area contributed by atoms with E-state index in [4.69, 9.17) is 9.47 Å². The number of para-hydroxylation sites is 1. The Bertz CT molecular complexity index is 624. The van der Waals surface area contributed by atoms with Gasteiger partial charge in [0.2, 0.25) is 0 Å². The molecule has 7 nitrogen and oxygen atoms in total. The minimum atomic E-state index is -0.805. The summed E-state index contributed by atoms with van der Waals surface area (Å²) in [5.74, 6) is -0.120. The largest absolute Gasteiger partial charge is 0.444 e. The van der Waals surface area contributed by atoms with Crippen LogP contribution in [0.1, 0.15) is 40.0 Å². The first-order valence-electron chi connectivity index (χ1n) is 8.34. The summed E-state index contributed by atoms with van der Waals surface area (Å²) in [4.78, 5) is 37.9. The fourth-order valence-electron chi connectivity index (χ4n) is 2.45. The number of hydrogen-bond donors (Lipinski definition) is 1. The monoisotopic (exact) mass is 348 g/mol. The SMILES string of the molecule is CC(C)(C)OC(=O)N[C@@H]1CCCCN(C(=O)Oc2ccccc2)C1=O. The Morgan fingerprint density at radius 2 is 1.84 bits per heavy atom. The van der Waals surface area contributed by atoms with Crippen LogP contribution < -0.4 is 10.1 Å². The number of likely N-dealkylation sites (tertiary alicyclic amines) is 1. The van der Waals surface area contributed by atoms with E-state index in [-0.39, 0.29) is 6.54 Å². The molecule has 0 aliphatic carbocycles. The van der Waals surface area contributed by atoms with E-state index in [0.717, 1.165) is 4.90 Å². The number of imide groups is 1. The number of alkyl carbamates (subject to hydrolysis) is 1. The second kappa shape index (κ2) is 8.00. The van der Waals surface area contributed by atoms with Gasteiger partial charge >= 0.3 is 12.2 Å². The molecule has 1 aliphatic rings. The molecule has 1 heterocycles. The Labute approximate surface area is 147 Å². The highest BCUT2D eigenvalue weighted by molar-refractivity contribution is 5.97. The molecule has 2 rings (SSSR count). The summed E-state index contributed by atoms with van der Waals surface area (Å²) in [5, 5.41) is 2.55. The molecule has 1 aromatic rings. The molecule has 0 aromatic heterocycles. The molecular weight excluding hydrogens is 324 g/mol. The molecule has 3 amide bonds. The molecule has 1 atom stereocenters. The highest BCUT2D eigenvalue weighted by Gasteiger charge is 2.34. The average Bonchev–Trinajstić information content (AvgIpc) is 2.69. The predicted octanol–water partition coefficient (Wildman–Crippen LogP) is 3.09. The summed E-state index contributed by atoms with van der Waals surface area (Å²) in [7, 11) is 0. The molecule has 1 saturated heterocycles. The number of carbonyl (C=O) groups excluding carboxylic acids is 3. The van der Waals surface area contributed by atoms with E-state index in [9.17, 15) is 14.4 Å². The Morgan fingerprint density at radius 1 is 1.16 bits per heavy atom. The molecular formula is C18H24N2O5. The van der Waals surface area contributed by atoms with Crippen LogP contribution in [0.2, 0.25) is 0 Å². The van der Waals surface area contributed by atoms with Crippen molar-refractivity contribution < 1.29 is 23.9 Å². The highest BCUT2D eigenvalue weighted by atomic mass is 16.6. The molecule has 136 valence electrons. The molecule has 0 radical (unpaired) electrons. The first-order valence-corrected chi connectivity index (χ1v) is 8.34. The first kappa shape index (κ1) is 18.8. The van der Waals surface area contributed by atoms with E-state index in [1.165, 1.54) is 0 Å². The van der Waals surface area contributed by atoms with E-state index in [1.807, 2.05) is 0 Å². The van der Waals surface area contributed by atoms with Crippen LogP contribution >= 0.6 is 0 Å². The van der Waals surface area contributed by atoms with Crippen molar-refractivity contribution in [1.29, 1.82) is 0 Å². The van der Waals surface area contributed by atoms with Crippen molar-refractivity contribution in [2.75, 3.05) is 6.54 Å². The third kappa shape index (κ3) is 5.77. The number of nitrogens with one attached hydrogen (secondary N) is 1. The van der Waals surface area contributed by atoms with Crippen LogP contribution in [0.3, 0.4) is 0 Å². The fraction of sp³-hybridized carbons (Fsp3) is 0.500. The van der Waals surface area contributed by atoms with Gasteiger partial charge < -0.3 is 14.8 Å². The zero-order valence-corrected chi connectivity index (χ0v) is 14.8. The number of amides is 3. The highest BCUT2D eigenvalue weighted by Crippen LogP contribution is 2.17. The van der Waals surface area contributed by atoms with Gasteiger partial charge in [-0.1, -0.05) is 18.2 Å². The van der Waals surface area contributed by atoms with Crippen LogP contribution in [0.4, 0.5) is 9.59 Å². The van der Waals surface area contributed by atoms with E-state index in [1.54, 1.807) is 51.1 Å². The van der Waals surface area contributed by atoms with Crippen LogP contribution in [0, 0.1) is 0 Å². The van der Waals surface area contributed by atoms with Crippen molar-refractivity contribution in [3.05, 3.63) is 30.3 Å². The Kier molecular flexibility index (Phi) is 6.01. The summed E-state index contributed by atoms with van der Waals surface area (Å²) in [6, 6.07) is 7.74. The lowest BCUT2D eigenvalue weighted by Crippen LogP contribution is -2.51. The maximum absolute atomic E-state index is 12.6. The van der Waals surface area contributed by atoms with Gasteiger partial charge in [0.1, 0.15) is 17.4 Å².